The molecule has 0 aliphatic rings. The van der Waals surface area contributed by atoms with E-state index < -0.39 is 0 Å². The van der Waals surface area contributed by atoms with E-state index in [2.05, 4.69) is 42.6 Å². The SMILES string of the molecule is COc1cc(CNC(C)c2ccccc2)ccc1OCc1cccc(Cl)c1. The highest BCUT2D eigenvalue weighted by atomic mass is 35.5. The van der Waals surface area contributed by atoms with E-state index in [0.717, 1.165) is 29.2 Å². The van der Waals surface area contributed by atoms with Gasteiger partial charge in [-0.3, -0.25) is 0 Å². The maximum Gasteiger partial charge on any atom is 0.161 e. The first-order valence-corrected chi connectivity index (χ1v) is 9.36. The van der Waals surface area contributed by atoms with Gasteiger partial charge in [-0.2, -0.15) is 0 Å². The Kier molecular flexibility index (Phi) is 6.74. The third-order valence-corrected chi connectivity index (χ3v) is 4.66. The Morgan fingerprint density at radius 2 is 1.70 bits per heavy atom. The van der Waals surface area contributed by atoms with Crippen LogP contribution >= 0.6 is 11.6 Å². The molecule has 140 valence electrons. The van der Waals surface area contributed by atoms with Crippen LogP contribution in [-0.2, 0) is 13.2 Å². The molecule has 0 saturated carbocycles. The predicted molar refractivity (Wildman–Crippen MR) is 110 cm³/mol. The molecule has 0 saturated heterocycles. The van der Waals surface area contributed by atoms with Crippen LogP contribution in [0.3, 0.4) is 0 Å². The first kappa shape index (κ1) is 19.3. The van der Waals surface area contributed by atoms with Crippen LogP contribution < -0.4 is 14.8 Å². The second kappa shape index (κ2) is 9.45. The van der Waals surface area contributed by atoms with Crippen molar-refractivity contribution in [3.63, 3.8) is 0 Å². The topological polar surface area (TPSA) is 30.5 Å². The minimum absolute atomic E-state index is 0.274. The van der Waals surface area contributed by atoms with Crippen LogP contribution in [0.4, 0.5) is 0 Å². The van der Waals surface area contributed by atoms with Gasteiger partial charge in [-0.05, 0) is 47.9 Å². The lowest BCUT2D eigenvalue weighted by molar-refractivity contribution is 0.284. The normalized spacial score (nSPS) is 11.8. The summed E-state index contributed by atoms with van der Waals surface area (Å²) in [4.78, 5) is 0. The van der Waals surface area contributed by atoms with Gasteiger partial charge in [0, 0.05) is 17.6 Å². The van der Waals surface area contributed by atoms with Gasteiger partial charge in [0.1, 0.15) is 6.61 Å². The van der Waals surface area contributed by atoms with Crippen molar-refractivity contribution in [3.05, 3.63) is 94.5 Å². The molecule has 3 rings (SSSR count). The molecule has 1 N–H and O–H groups in total. The number of methoxy groups -OCH3 is 1. The molecule has 3 aromatic rings. The van der Waals surface area contributed by atoms with Crippen LogP contribution in [-0.4, -0.2) is 7.11 Å². The zero-order valence-electron chi connectivity index (χ0n) is 15.6. The van der Waals surface area contributed by atoms with E-state index in [1.165, 1.54) is 5.56 Å². The zero-order chi connectivity index (χ0) is 19.1. The Hall–Kier alpha value is -2.49. The van der Waals surface area contributed by atoms with Crippen molar-refractivity contribution < 1.29 is 9.47 Å². The van der Waals surface area contributed by atoms with Crippen molar-refractivity contribution in [2.24, 2.45) is 0 Å². The molecule has 1 atom stereocenters. The molecule has 0 bridgehead atoms. The predicted octanol–water partition coefficient (Wildman–Crippen LogP) is 5.78. The van der Waals surface area contributed by atoms with Crippen LogP contribution in [0.5, 0.6) is 11.5 Å². The molecule has 0 radical (unpaired) electrons. The molecule has 1 unspecified atom stereocenters. The molecule has 27 heavy (non-hydrogen) atoms. The second-order valence-corrected chi connectivity index (χ2v) is 6.85. The van der Waals surface area contributed by atoms with Gasteiger partial charge in [-0.1, -0.05) is 60.1 Å². The third kappa shape index (κ3) is 5.49. The average Bonchev–Trinajstić information content (AvgIpc) is 2.71. The summed E-state index contributed by atoms with van der Waals surface area (Å²) in [5.74, 6) is 1.45. The smallest absolute Gasteiger partial charge is 0.161 e. The van der Waals surface area contributed by atoms with Crippen LogP contribution in [0, 0.1) is 0 Å². The van der Waals surface area contributed by atoms with Gasteiger partial charge in [0.2, 0.25) is 0 Å². The summed E-state index contributed by atoms with van der Waals surface area (Å²) in [6, 6.07) is 24.4. The van der Waals surface area contributed by atoms with E-state index in [1.54, 1.807) is 7.11 Å². The Bertz CT molecular complexity index is 867. The molecule has 0 amide bonds. The summed E-state index contributed by atoms with van der Waals surface area (Å²) in [6.45, 7) is 3.36. The fourth-order valence-electron chi connectivity index (χ4n) is 2.86. The molecule has 0 aliphatic heterocycles. The number of hydrogen-bond donors (Lipinski definition) is 1. The Morgan fingerprint density at radius 1 is 0.889 bits per heavy atom. The van der Waals surface area contributed by atoms with Gasteiger partial charge in [0.15, 0.2) is 11.5 Å². The lowest BCUT2D eigenvalue weighted by Crippen LogP contribution is -2.18. The van der Waals surface area contributed by atoms with Gasteiger partial charge in [0.25, 0.3) is 0 Å². The maximum atomic E-state index is 6.02. The molecule has 3 nitrogen and oxygen atoms in total. The lowest BCUT2D eigenvalue weighted by atomic mass is 10.1. The molecular formula is C23H24ClNO2. The number of hydrogen-bond acceptors (Lipinski definition) is 3. The third-order valence-electron chi connectivity index (χ3n) is 4.42. The summed E-state index contributed by atoms with van der Waals surface area (Å²) in [7, 11) is 1.66. The van der Waals surface area contributed by atoms with Crippen LogP contribution in [0.2, 0.25) is 5.02 Å². The van der Waals surface area contributed by atoms with E-state index in [0.29, 0.717) is 11.6 Å². The largest absolute Gasteiger partial charge is 0.493 e. The van der Waals surface area contributed by atoms with Crippen molar-refractivity contribution in [3.8, 4) is 11.5 Å². The molecule has 0 aromatic heterocycles. The van der Waals surface area contributed by atoms with Crippen molar-refractivity contribution in [2.45, 2.75) is 26.1 Å². The van der Waals surface area contributed by atoms with Gasteiger partial charge in [0.05, 0.1) is 7.11 Å². The molecule has 0 fully saturated rings. The summed E-state index contributed by atoms with van der Waals surface area (Å²) >= 11 is 6.02. The molecule has 3 aromatic carbocycles. The highest BCUT2D eigenvalue weighted by Gasteiger charge is 2.08. The first-order chi connectivity index (χ1) is 13.2. The number of rotatable bonds is 8. The monoisotopic (exact) mass is 381 g/mol. The highest BCUT2D eigenvalue weighted by Crippen LogP contribution is 2.29. The number of ether oxygens (including phenoxy) is 2. The number of benzene rings is 3. The molecule has 0 spiro atoms. The number of halogens is 1. The van der Waals surface area contributed by atoms with Gasteiger partial charge < -0.3 is 14.8 Å². The fourth-order valence-corrected chi connectivity index (χ4v) is 3.07. The molecule has 0 aliphatic carbocycles. The lowest BCUT2D eigenvalue weighted by Gasteiger charge is -2.16. The van der Waals surface area contributed by atoms with E-state index in [-0.39, 0.29) is 6.04 Å². The number of nitrogens with one attached hydrogen (secondary N) is 1. The standard InChI is InChI=1S/C23H24ClNO2/c1-17(20-8-4-3-5-9-20)25-15-18-11-12-22(23(14-18)26-2)27-16-19-7-6-10-21(24)13-19/h3-14,17,25H,15-16H2,1-2H3. The van der Waals surface area contributed by atoms with Crippen molar-refractivity contribution >= 4 is 11.6 Å². The highest BCUT2D eigenvalue weighted by molar-refractivity contribution is 6.30. The maximum absolute atomic E-state index is 6.02. The van der Waals surface area contributed by atoms with Crippen molar-refractivity contribution in [1.29, 1.82) is 0 Å². The fraction of sp³-hybridized carbons (Fsp3) is 0.217. The second-order valence-electron chi connectivity index (χ2n) is 6.42. The Labute approximate surface area is 165 Å². The minimum Gasteiger partial charge on any atom is -0.493 e. The quantitative estimate of drug-likeness (QED) is 0.536. The van der Waals surface area contributed by atoms with Gasteiger partial charge in [-0.25, -0.2) is 0 Å². The van der Waals surface area contributed by atoms with E-state index in [1.807, 2.05) is 42.5 Å². The molecule has 4 heteroatoms. The summed E-state index contributed by atoms with van der Waals surface area (Å²) in [5, 5.41) is 4.24. The molecular weight excluding hydrogens is 358 g/mol. The minimum atomic E-state index is 0.274. The van der Waals surface area contributed by atoms with E-state index >= 15 is 0 Å². The average molecular weight is 382 g/mol. The Balaban J connectivity index is 1.61. The molecule has 0 heterocycles. The van der Waals surface area contributed by atoms with E-state index in [4.69, 9.17) is 21.1 Å². The van der Waals surface area contributed by atoms with Gasteiger partial charge in [-0.15, -0.1) is 0 Å². The zero-order valence-corrected chi connectivity index (χ0v) is 16.4. The summed E-state index contributed by atoms with van der Waals surface area (Å²) in [5.41, 5.74) is 3.43. The Morgan fingerprint density at radius 3 is 2.44 bits per heavy atom. The van der Waals surface area contributed by atoms with Crippen molar-refractivity contribution in [2.75, 3.05) is 7.11 Å². The first-order valence-electron chi connectivity index (χ1n) is 8.98. The van der Waals surface area contributed by atoms with E-state index in [9.17, 15) is 0 Å². The van der Waals surface area contributed by atoms with Crippen LogP contribution in [0.1, 0.15) is 29.7 Å². The van der Waals surface area contributed by atoms with Gasteiger partial charge >= 0.3 is 0 Å². The summed E-state index contributed by atoms with van der Waals surface area (Å²) in [6.07, 6.45) is 0. The van der Waals surface area contributed by atoms with Crippen LogP contribution in [0.25, 0.3) is 0 Å². The van der Waals surface area contributed by atoms with Crippen molar-refractivity contribution in [1.82, 2.24) is 5.32 Å². The van der Waals surface area contributed by atoms with Crippen LogP contribution in [0.15, 0.2) is 72.8 Å². The summed E-state index contributed by atoms with van der Waals surface area (Å²) < 4.78 is 11.4.